The van der Waals surface area contributed by atoms with Crippen LogP contribution in [0.5, 0.6) is 0 Å². The first-order chi connectivity index (χ1) is 13.9. The highest BCUT2D eigenvalue weighted by Crippen LogP contribution is 2.25. The van der Waals surface area contributed by atoms with Gasteiger partial charge in [-0.25, -0.2) is 8.42 Å². The van der Waals surface area contributed by atoms with E-state index in [1.165, 1.54) is 6.92 Å². The average Bonchev–Trinajstić information content (AvgIpc) is 2.73. The predicted octanol–water partition coefficient (Wildman–Crippen LogP) is 3.31. The number of piperazine rings is 1. The van der Waals surface area contributed by atoms with Crippen LogP contribution in [-0.2, 0) is 14.8 Å². The molecule has 0 unspecified atom stereocenters. The lowest BCUT2D eigenvalue weighted by molar-refractivity contribution is -0.114. The van der Waals surface area contributed by atoms with Crippen molar-refractivity contribution in [2.75, 3.05) is 36.4 Å². The molecular weight excluding hydrogens is 386 g/mol. The van der Waals surface area contributed by atoms with Crippen LogP contribution >= 0.6 is 0 Å². The van der Waals surface area contributed by atoms with E-state index in [0.717, 1.165) is 22.1 Å². The predicted molar refractivity (Wildman–Crippen MR) is 116 cm³/mol. The van der Waals surface area contributed by atoms with Gasteiger partial charge in [0.1, 0.15) is 0 Å². The van der Waals surface area contributed by atoms with Crippen molar-refractivity contribution in [3.63, 3.8) is 0 Å². The number of nitrogens with one attached hydrogen (secondary N) is 1. The Balaban J connectivity index is 1.46. The zero-order valence-corrected chi connectivity index (χ0v) is 17.0. The molecule has 0 radical (unpaired) electrons. The van der Waals surface area contributed by atoms with E-state index < -0.39 is 10.0 Å². The van der Waals surface area contributed by atoms with Crippen molar-refractivity contribution in [2.45, 2.75) is 11.8 Å². The van der Waals surface area contributed by atoms with E-state index in [4.69, 9.17) is 0 Å². The second-order valence-electron chi connectivity index (χ2n) is 7.13. The van der Waals surface area contributed by atoms with E-state index in [2.05, 4.69) is 10.2 Å². The van der Waals surface area contributed by atoms with Gasteiger partial charge in [-0.05, 0) is 47.2 Å². The molecule has 0 aromatic heterocycles. The molecule has 1 amide bonds. The van der Waals surface area contributed by atoms with Crippen molar-refractivity contribution in [2.24, 2.45) is 0 Å². The maximum absolute atomic E-state index is 13.1. The van der Waals surface area contributed by atoms with Crippen LogP contribution in [0.15, 0.2) is 71.6 Å². The fourth-order valence-electron chi connectivity index (χ4n) is 3.62. The van der Waals surface area contributed by atoms with Gasteiger partial charge in [0.05, 0.1) is 4.90 Å². The molecule has 1 aliphatic rings. The summed E-state index contributed by atoms with van der Waals surface area (Å²) >= 11 is 0. The minimum Gasteiger partial charge on any atom is -0.369 e. The first-order valence-electron chi connectivity index (χ1n) is 9.55. The zero-order chi connectivity index (χ0) is 20.4. The third-order valence-corrected chi connectivity index (χ3v) is 7.04. The molecule has 1 N–H and O–H groups in total. The molecule has 1 fully saturated rings. The van der Waals surface area contributed by atoms with E-state index in [-0.39, 0.29) is 5.91 Å². The Morgan fingerprint density at radius 2 is 1.52 bits per heavy atom. The van der Waals surface area contributed by atoms with Crippen molar-refractivity contribution in [3.05, 3.63) is 66.7 Å². The fourth-order valence-corrected chi connectivity index (χ4v) is 5.08. The highest BCUT2D eigenvalue weighted by Gasteiger charge is 2.28. The molecule has 7 heteroatoms. The van der Waals surface area contributed by atoms with Gasteiger partial charge >= 0.3 is 0 Å². The number of hydrogen-bond acceptors (Lipinski definition) is 4. The molecule has 150 valence electrons. The van der Waals surface area contributed by atoms with E-state index >= 15 is 0 Å². The van der Waals surface area contributed by atoms with Gasteiger partial charge in [0.25, 0.3) is 0 Å². The topological polar surface area (TPSA) is 69.7 Å². The van der Waals surface area contributed by atoms with Crippen LogP contribution in [0.25, 0.3) is 10.8 Å². The molecule has 0 bridgehead atoms. The zero-order valence-electron chi connectivity index (χ0n) is 16.2. The Morgan fingerprint density at radius 1 is 0.862 bits per heavy atom. The van der Waals surface area contributed by atoms with Crippen LogP contribution in [0.4, 0.5) is 11.4 Å². The molecule has 3 aromatic rings. The number of carbonyl (C=O) groups excluding carboxylic acids is 1. The van der Waals surface area contributed by atoms with Gasteiger partial charge in [-0.3, -0.25) is 4.79 Å². The first kappa shape index (κ1) is 19.4. The molecule has 3 aromatic carbocycles. The smallest absolute Gasteiger partial charge is 0.243 e. The molecule has 0 saturated carbocycles. The van der Waals surface area contributed by atoms with Crippen molar-refractivity contribution >= 4 is 38.1 Å². The Bertz CT molecular complexity index is 1140. The van der Waals surface area contributed by atoms with Gasteiger partial charge in [0, 0.05) is 44.5 Å². The minimum atomic E-state index is -3.52. The Kier molecular flexibility index (Phi) is 5.25. The van der Waals surface area contributed by atoms with Gasteiger partial charge < -0.3 is 10.2 Å². The normalized spacial score (nSPS) is 15.4. The lowest BCUT2D eigenvalue weighted by Crippen LogP contribution is -2.48. The number of nitrogens with zero attached hydrogens (tertiary/aromatic N) is 2. The summed E-state index contributed by atoms with van der Waals surface area (Å²) in [6, 6.07) is 20.6. The number of amides is 1. The van der Waals surface area contributed by atoms with E-state index in [0.29, 0.717) is 31.1 Å². The van der Waals surface area contributed by atoms with Gasteiger partial charge in [-0.15, -0.1) is 0 Å². The molecular formula is C22H23N3O3S. The summed E-state index contributed by atoms with van der Waals surface area (Å²) in [6.45, 7) is 3.58. The molecule has 1 saturated heterocycles. The maximum atomic E-state index is 13.1. The third-order valence-electron chi connectivity index (χ3n) is 5.15. The summed E-state index contributed by atoms with van der Waals surface area (Å²) < 4.78 is 27.7. The number of benzene rings is 3. The van der Waals surface area contributed by atoms with E-state index in [1.54, 1.807) is 16.4 Å². The summed E-state index contributed by atoms with van der Waals surface area (Å²) in [6.07, 6.45) is 0. The largest absolute Gasteiger partial charge is 0.369 e. The second kappa shape index (κ2) is 7.85. The standard InChI is InChI=1S/C22H23N3O3S/c1-17(26)23-20-7-9-21(10-8-20)24-12-14-25(15-13-24)29(27,28)22-11-6-18-4-2-3-5-19(18)16-22/h2-11,16H,12-15H2,1H3,(H,23,26). The SMILES string of the molecule is CC(=O)Nc1ccc(N2CCN(S(=O)(=O)c3ccc4ccccc4c3)CC2)cc1. The quantitative estimate of drug-likeness (QED) is 0.718. The number of sulfonamides is 1. The molecule has 0 spiro atoms. The van der Waals surface area contributed by atoms with Gasteiger partial charge in [0.2, 0.25) is 15.9 Å². The second-order valence-corrected chi connectivity index (χ2v) is 9.07. The van der Waals surface area contributed by atoms with Crippen LogP contribution in [-0.4, -0.2) is 44.8 Å². The van der Waals surface area contributed by atoms with Crippen molar-refractivity contribution in [3.8, 4) is 0 Å². The summed E-state index contributed by atoms with van der Waals surface area (Å²) in [7, 11) is -3.52. The van der Waals surface area contributed by atoms with Crippen molar-refractivity contribution < 1.29 is 13.2 Å². The average molecular weight is 410 g/mol. The van der Waals surface area contributed by atoms with Gasteiger partial charge in [0.15, 0.2) is 0 Å². The lowest BCUT2D eigenvalue weighted by Gasteiger charge is -2.35. The lowest BCUT2D eigenvalue weighted by atomic mass is 10.1. The highest BCUT2D eigenvalue weighted by atomic mass is 32.2. The molecule has 1 aliphatic heterocycles. The Hall–Kier alpha value is -2.90. The number of fused-ring (bicyclic) bond motifs is 1. The molecule has 29 heavy (non-hydrogen) atoms. The molecule has 0 atom stereocenters. The Labute approximate surface area is 170 Å². The van der Waals surface area contributed by atoms with Gasteiger partial charge in [-0.2, -0.15) is 4.31 Å². The Morgan fingerprint density at radius 3 is 2.17 bits per heavy atom. The molecule has 0 aliphatic carbocycles. The fraction of sp³-hybridized carbons (Fsp3) is 0.227. The highest BCUT2D eigenvalue weighted by molar-refractivity contribution is 7.89. The van der Waals surface area contributed by atoms with Crippen LogP contribution < -0.4 is 10.2 Å². The monoisotopic (exact) mass is 409 g/mol. The molecule has 1 heterocycles. The summed E-state index contributed by atoms with van der Waals surface area (Å²) in [5, 5.41) is 4.70. The van der Waals surface area contributed by atoms with Crippen LogP contribution in [0.3, 0.4) is 0 Å². The van der Waals surface area contributed by atoms with E-state index in [9.17, 15) is 13.2 Å². The minimum absolute atomic E-state index is 0.106. The first-order valence-corrected chi connectivity index (χ1v) is 11.0. The number of rotatable bonds is 4. The van der Waals surface area contributed by atoms with Crippen LogP contribution in [0, 0.1) is 0 Å². The van der Waals surface area contributed by atoms with Crippen molar-refractivity contribution in [1.82, 2.24) is 4.31 Å². The van der Waals surface area contributed by atoms with Crippen molar-refractivity contribution in [1.29, 1.82) is 0 Å². The number of carbonyl (C=O) groups is 1. The summed E-state index contributed by atoms with van der Waals surface area (Å²) in [5.74, 6) is -0.106. The molecule has 6 nitrogen and oxygen atoms in total. The third kappa shape index (κ3) is 4.11. The number of hydrogen-bond donors (Lipinski definition) is 1. The van der Waals surface area contributed by atoms with Crippen LogP contribution in [0.1, 0.15) is 6.92 Å². The number of anilines is 2. The summed E-state index contributed by atoms with van der Waals surface area (Å²) in [4.78, 5) is 13.6. The maximum Gasteiger partial charge on any atom is 0.243 e. The van der Waals surface area contributed by atoms with E-state index in [1.807, 2.05) is 54.6 Å². The summed E-state index contributed by atoms with van der Waals surface area (Å²) in [5.41, 5.74) is 1.76. The van der Waals surface area contributed by atoms with Crippen LogP contribution in [0.2, 0.25) is 0 Å². The molecule has 4 rings (SSSR count). The van der Waals surface area contributed by atoms with Gasteiger partial charge in [-0.1, -0.05) is 30.3 Å².